The highest BCUT2D eigenvalue weighted by atomic mass is 19.1. The van der Waals surface area contributed by atoms with Gasteiger partial charge in [0, 0.05) is 12.1 Å². The van der Waals surface area contributed by atoms with E-state index in [0.717, 1.165) is 29.9 Å². The highest BCUT2D eigenvalue weighted by Gasteiger charge is 2.15. The third-order valence-corrected chi connectivity index (χ3v) is 3.10. The lowest BCUT2D eigenvalue weighted by molar-refractivity contribution is 0.628. The highest BCUT2D eigenvalue weighted by Crippen LogP contribution is 2.29. The van der Waals surface area contributed by atoms with E-state index >= 15 is 0 Å². The SMILES string of the molecule is CCCn1c(C)nc(-c2cc(F)ccc2C)c1N. The number of rotatable bonds is 3. The van der Waals surface area contributed by atoms with E-state index in [2.05, 4.69) is 11.9 Å². The second-order valence-electron chi connectivity index (χ2n) is 4.50. The average Bonchev–Trinajstić information content (AvgIpc) is 2.61. The van der Waals surface area contributed by atoms with Crippen molar-refractivity contribution in [1.29, 1.82) is 0 Å². The summed E-state index contributed by atoms with van der Waals surface area (Å²) in [5.41, 5.74) is 8.54. The Bertz CT molecular complexity index is 573. The van der Waals surface area contributed by atoms with Gasteiger partial charge in [-0.25, -0.2) is 9.37 Å². The fraction of sp³-hybridized carbons (Fsp3) is 0.357. The second-order valence-corrected chi connectivity index (χ2v) is 4.50. The fourth-order valence-corrected chi connectivity index (χ4v) is 2.13. The molecule has 0 aliphatic carbocycles. The monoisotopic (exact) mass is 247 g/mol. The van der Waals surface area contributed by atoms with Crippen molar-refractivity contribution in [3.63, 3.8) is 0 Å². The minimum atomic E-state index is -0.266. The smallest absolute Gasteiger partial charge is 0.131 e. The predicted molar refractivity (Wildman–Crippen MR) is 71.8 cm³/mol. The zero-order valence-electron chi connectivity index (χ0n) is 11.0. The Kier molecular flexibility index (Phi) is 3.36. The zero-order valence-corrected chi connectivity index (χ0v) is 11.0. The lowest BCUT2D eigenvalue weighted by Crippen LogP contribution is -2.04. The molecule has 2 N–H and O–H groups in total. The summed E-state index contributed by atoms with van der Waals surface area (Å²) in [4.78, 5) is 4.47. The molecule has 18 heavy (non-hydrogen) atoms. The van der Waals surface area contributed by atoms with Gasteiger partial charge in [0.2, 0.25) is 0 Å². The van der Waals surface area contributed by atoms with E-state index in [-0.39, 0.29) is 5.82 Å². The number of aromatic nitrogens is 2. The maximum atomic E-state index is 13.3. The number of benzene rings is 1. The van der Waals surface area contributed by atoms with Crippen LogP contribution in [0.25, 0.3) is 11.3 Å². The summed E-state index contributed by atoms with van der Waals surface area (Å²) in [5, 5.41) is 0. The summed E-state index contributed by atoms with van der Waals surface area (Å²) >= 11 is 0. The zero-order chi connectivity index (χ0) is 13.3. The van der Waals surface area contributed by atoms with E-state index < -0.39 is 0 Å². The Morgan fingerprint density at radius 3 is 2.72 bits per heavy atom. The first-order valence-corrected chi connectivity index (χ1v) is 6.13. The molecular weight excluding hydrogens is 229 g/mol. The van der Waals surface area contributed by atoms with Crippen LogP contribution < -0.4 is 5.73 Å². The van der Waals surface area contributed by atoms with Crippen LogP contribution in [0.5, 0.6) is 0 Å². The lowest BCUT2D eigenvalue weighted by atomic mass is 10.1. The van der Waals surface area contributed by atoms with Gasteiger partial charge >= 0.3 is 0 Å². The minimum Gasteiger partial charge on any atom is -0.383 e. The number of hydrogen-bond acceptors (Lipinski definition) is 2. The van der Waals surface area contributed by atoms with Gasteiger partial charge in [0.25, 0.3) is 0 Å². The van der Waals surface area contributed by atoms with Crippen molar-refractivity contribution in [1.82, 2.24) is 9.55 Å². The number of imidazole rings is 1. The van der Waals surface area contributed by atoms with Crippen molar-refractivity contribution in [2.45, 2.75) is 33.7 Å². The third kappa shape index (κ3) is 2.10. The van der Waals surface area contributed by atoms with Crippen LogP contribution in [-0.2, 0) is 6.54 Å². The molecule has 1 aromatic heterocycles. The Balaban J connectivity index is 2.57. The number of nitrogen functional groups attached to an aromatic ring is 1. The Labute approximate surface area is 106 Å². The molecule has 0 atom stereocenters. The number of anilines is 1. The van der Waals surface area contributed by atoms with Crippen LogP contribution in [0.3, 0.4) is 0 Å². The summed E-state index contributed by atoms with van der Waals surface area (Å²) in [6.07, 6.45) is 0.989. The van der Waals surface area contributed by atoms with E-state index in [4.69, 9.17) is 5.73 Å². The van der Waals surface area contributed by atoms with Gasteiger partial charge in [0.05, 0.1) is 0 Å². The van der Waals surface area contributed by atoms with Crippen LogP contribution in [0.1, 0.15) is 24.7 Å². The molecule has 3 nitrogen and oxygen atoms in total. The van der Waals surface area contributed by atoms with Gasteiger partial charge in [-0.1, -0.05) is 13.0 Å². The van der Waals surface area contributed by atoms with Gasteiger partial charge in [-0.05, 0) is 38.0 Å². The van der Waals surface area contributed by atoms with Crippen molar-refractivity contribution in [2.24, 2.45) is 0 Å². The largest absolute Gasteiger partial charge is 0.383 e. The van der Waals surface area contributed by atoms with E-state index in [0.29, 0.717) is 11.5 Å². The summed E-state index contributed by atoms with van der Waals surface area (Å²) in [6.45, 7) is 6.78. The normalized spacial score (nSPS) is 10.9. The second kappa shape index (κ2) is 4.80. The van der Waals surface area contributed by atoms with E-state index in [1.165, 1.54) is 12.1 Å². The Hall–Kier alpha value is -1.84. The molecule has 96 valence electrons. The minimum absolute atomic E-state index is 0.266. The third-order valence-electron chi connectivity index (χ3n) is 3.10. The van der Waals surface area contributed by atoms with Gasteiger partial charge in [-0.2, -0.15) is 0 Å². The van der Waals surface area contributed by atoms with E-state index in [1.54, 1.807) is 6.07 Å². The Morgan fingerprint density at radius 1 is 1.33 bits per heavy atom. The van der Waals surface area contributed by atoms with Crippen molar-refractivity contribution >= 4 is 5.82 Å². The fourth-order valence-electron chi connectivity index (χ4n) is 2.13. The summed E-state index contributed by atoms with van der Waals surface area (Å²) < 4.78 is 15.3. The molecule has 0 unspecified atom stereocenters. The van der Waals surface area contributed by atoms with Crippen LogP contribution in [0.2, 0.25) is 0 Å². The van der Waals surface area contributed by atoms with E-state index in [1.807, 2.05) is 18.4 Å². The highest BCUT2D eigenvalue weighted by molar-refractivity contribution is 5.73. The van der Waals surface area contributed by atoms with Crippen LogP contribution in [0.4, 0.5) is 10.2 Å². The summed E-state index contributed by atoms with van der Waals surface area (Å²) in [5.74, 6) is 1.22. The van der Waals surface area contributed by atoms with Crippen molar-refractivity contribution < 1.29 is 4.39 Å². The molecule has 2 rings (SSSR count). The number of nitrogens with zero attached hydrogens (tertiary/aromatic N) is 2. The molecule has 1 aromatic carbocycles. The number of aryl methyl sites for hydroxylation is 2. The molecule has 0 aliphatic heterocycles. The Morgan fingerprint density at radius 2 is 2.06 bits per heavy atom. The predicted octanol–water partition coefficient (Wildman–Crippen LogP) is 3.30. The molecular formula is C14H18FN3. The maximum absolute atomic E-state index is 13.3. The van der Waals surface area contributed by atoms with Gasteiger partial charge < -0.3 is 10.3 Å². The van der Waals surface area contributed by atoms with E-state index in [9.17, 15) is 4.39 Å². The molecule has 0 bridgehead atoms. The first-order chi connectivity index (χ1) is 8.54. The number of hydrogen-bond donors (Lipinski definition) is 1. The molecule has 0 spiro atoms. The molecule has 0 radical (unpaired) electrons. The maximum Gasteiger partial charge on any atom is 0.131 e. The summed E-state index contributed by atoms with van der Waals surface area (Å²) in [7, 11) is 0. The van der Waals surface area contributed by atoms with Gasteiger partial charge in [-0.3, -0.25) is 0 Å². The van der Waals surface area contributed by atoms with Crippen molar-refractivity contribution in [2.75, 3.05) is 5.73 Å². The van der Waals surface area contributed by atoms with Crippen LogP contribution in [0, 0.1) is 19.7 Å². The quantitative estimate of drug-likeness (QED) is 0.904. The first kappa shape index (κ1) is 12.6. The van der Waals surface area contributed by atoms with Crippen molar-refractivity contribution in [3.05, 3.63) is 35.4 Å². The number of nitrogens with two attached hydrogens (primary N) is 1. The lowest BCUT2D eigenvalue weighted by Gasteiger charge is -2.07. The molecule has 0 aliphatic rings. The first-order valence-electron chi connectivity index (χ1n) is 6.13. The molecule has 1 heterocycles. The van der Waals surface area contributed by atoms with Gasteiger partial charge in [0.1, 0.15) is 23.2 Å². The van der Waals surface area contributed by atoms with Gasteiger partial charge in [-0.15, -0.1) is 0 Å². The van der Waals surface area contributed by atoms with Crippen molar-refractivity contribution in [3.8, 4) is 11.3 Å². The van der Waals surface area contributed by atoms with Crippen LogP contribution >= 0.6 is 0 Å². The molecule has 4 heteroatoms. The topological polar surface area (TPSA) is 43.8 Å². The van der Waals surface area contributed by atoms with Crippen LogP contribution in [0.15, 0.2) is 18.2 Å². The number of halogens is 1. The summed E-state index contributed by atoms with van der Waals surface area (Å²) in [6, 6.07) is 4.69. The molecule has 0 fully saturated rings. The van der Waals surface area contributed by atoms with Gasteiger partial charge in [0.15, 0.2) is 0 Å². The molecule has 2 aromatic rings. The standard InChI is InChI=1S/C14H18FN3/c1-4-7-18-10(3)17-13(14(18)16)12-8-11(15)6-5-9(12)2/h5-6,8H,4,7,16H2,1-3H3. The molecule has 0 saturated carbocycles. The molecule has 0 amide bonds. The molecule has 0 saturated heterocycles. The van der Waals surface area contributed by atoms with Crippen LogP contribution in [-0.4, -0.2) is 9.55 Å². The average molecular weight is 247 g/mol.